The molecule has 0 saturated heterocycles. The Morgan fingerprint density at radius 1 is 1.20 bits per heavy atom. The number of carbonyl (C=O) groups excluding carboxylic acids is 2. The maximum Gasteiger partial charge on any atom is 0.433 e. The Hall–Kier alpha value is -4.60. The third kappa shape index (κ3) is 8.32. The van der Waals surface area contributed by atoms with E-state index in [1.165, 1.54) is 35.1 Å². The van der Waals surface area contributed by atoms with E-state index in [1.54, 1.807) is 6.07 Å². The minimum absolute atomic E-state index is 0. The van der Waals surface area contributed by atoms with Crippen LogP contribution in [0.15, 0.2) is 55.4 Å². The predicted molar refractivity (Wildman–Crippen MR) is 160 cm³/mol. The van der Waals surface area contributed by atoms with E-state index in [9.17, 15) is 32.7 Å². The molecule has 4 N–H and O–H groups in total. The van der Waals surface area contributed by atoms with Crippen molar-refractivity contribution in [2.45, 2.75) is 38.5 Å². The first-order chi connectivity index (χ1) is 20.4. The molecular weight excluding hydrogens is 642 g/mol. The summed E-state index contributed by atoms with van der Waals surface area (Å²) in [5.41, 5.74) is 7.41. The van der Waals surface area contributed by atoms with Crippen LogP contribution in [-0.4, -0.2) is 54.1 Å². The second-order valence-corrected chi connectivity index (χ2v) is 9.28. The molecule has 3 aromatic heterocycles. The molecule has 0 unspecified atom stereocenters. The van der Waals surface area contributed by atoms with E-state index in [-0.39, 0.29) is 66.9 Å². The first-order valence-electron chi connectivity index (χ1n) is 12.8. The van der Waals surface area contributed by atoms with E-state index in [4.69, 9.17) is 10.5 Å². The van der Waals surface area contributed by atoms with Crippen molar-refractivity contribution in [1.29, 1.82) is 0 Å². The Morgan fingerprint density at radius 2 is 1.93 bits per heavy atom. The van der Waals surface area contributed by atoms with Gasteiger partial charge in [-0.1, -0.05) is 24.8 Å². The minimum Gasteiger partial charge on any atom is -0.477 e. The van der Waals surface area contributed by atoms with Gasteiger partial charge >= 0.3 is 18.1 Å². The number of fused-ring (bicyclic) bond motifs is 2. The lowest BCUT2D eigenvalue weighted by molar-refractivity contribution is -0.141. The van der Waals surface area contributed by atoms with Crippen LogP contribution in [0.25, 0.3) is 5.78 Å². The third-order valence-electron chi connectivity index (χ3n) is 6.56. The molecule has 1 aromatic carbocycles. The van der Waals surface area contributed by atoms with E-state index >= 15 is 0 Å². The fraction of sp³-hybridized carbons (Fsp3) is 0.250. The topological polar surface area (TPSA) is 175 Å². The number of pyridine rings is 1. The number of alkyl halides is 3. The lowest BCUT2D eigenvalue weighted by Gasteiger charge is -2.16. The maximum absolute atomic E-state index is 13.0. The second kappa shape index (κ2) is 15.4. The molecule has 240 valence electrons. The quantitative estimate of drug-likeness (QED) is 0.190. The zero-order valence-corrected chi connectivity index (χ0v) is 25.2. The molecule has 4 aromatic rings. The number of esters is 1. The number of carboxylic acid groups (broad SMARTS) is 1. The highest BCUT2D eigenvalue weighted by Gasteiger charge is 2.32. The summed E-state index contributed by atoms with van der Waals surface area (Å²) in [7, 11) is 0. The van der Waals surface area contributed by atoms with Gasteiger partial charge in [0.25, 0.3) is 11.7 Å². The third-order valence-corrected chi connectivity index (χ3v) is 6.56. The van der Waals surface area contributed by atoms with Gasteiger partial charge in [0.15, 0.2) is 5.69 Å². The number of hydrogen-bond acceptors (Lipinski definition) is 9. The van der Waals surface area contributed by atoms with Crippen LogP contribution in [0.1, 0.15) is 71.9 Å². The fourth-order valence-electron chi connectivity index (χ4n) is 4.53. The van der Waals surface area contributed by atoms with Crippen LogP contribution >= 0.6 is 24.8 Å². The fourth-order valence-corrected chi connectivity index (χ4v) is 4.53. The summed E-state index contributed by atoms with van der Waals surface area (Å²) in [5.74, 6) is -2.16. The summed E-state index contributed by atoms with van der Waals surface area (Å²) in [6.45, 7) is 5.54. The molecule has 0 radical (unpaired) electrons. The average molecular weight is 670 g/mol. The number of aromatic carboxylic acids is 1. The first kappa shape index (κ1) is 36.6. The molecule has 0 spiro atoms. The van der Waals surface area contributed by atoms with Gasteiger partial charge in [-0.2, -0.15) is 27.8 Å². The molecule has 0 saturated carbocycles. The smallest absolute Gasteiger partial charge is 0.433 e. The number of carboxylic acids is 1. The maximum atomic E-state index is 13.0. The van der Waals surface area contributed by atoms with E-state index in [1.807, 2.05) is 13.0 Å². The number of carbonyl (C=O) groups is 3. The molecule has 0 aliphatic heterocycles. The van der Waals surface area contributed by atoms with Gasteiger partial charge in [-0.3, -0.25) is 4.79 Å². The molecule has 5 rings (SSSR count). The van der Waals surface area contributed by atoms with E-state index in [0.29, 0.717) is 18.4 Å². The highest BCUT2D eigenvalue weighted by molar-refractivity contribution is 5.96. The number of nitrogens with zero attached hydrogens (tertiary/aromatic N) is 5. The van der Waals surface area contributed by atoms with E-state index in [2.05, 4.69) is 31.9 Å². The molecule has 12 nitrogen and oxygen atoms in total. The van der Waals surface area contributed by atoms with Gasteiger partial charge in [-0.15, -0.1) is 24.8 Å². The molecule has 3 heterocycles. The summed E-state index contributed by atoms with van der Waals surface area (Å²) in [4.78, 5) is 47.6. The lowest BCUT2D eigenvalue weighted by Crippen LogP contribution is -2.29. The Bertz CT molecular complexity index is 1720. The van der Waals surface area contributed by atoms with Crippen LogP contribution in [0.3, 0.4) is 0 Å². The number of benzene rings is 1. The van der Waals surface area contributed by atoms with Gasteiger partial charge in [0.1, 0.15) is 24.3 Å². The van der Waals surface area contributed by atoms with Crippen LogP contribution < -0.4 is 11.1 Å². The number of rotatable bonds is 7. The molecule has 0 bridgehead atoms. The highest BCUT2D eigenvalue weighted by atomic mass is 35.5. The van der Waals surface area contributed by atoms with Crippen molar-refractivity contribution in [2.75, 3.05) is 6.61 Å². The SMILES string of the molecule is C=CCOC(=O)c1ccc2c(c1C)CC[C@@H]2NC(=O)c1cc(C(=O)O)nc2ncnn12.Cl.Cl.NCc1cccc(C(F)(F)F)n1. The number of hydrogen-bond donors (Lipinski definition) is 3. The Balaban J connectivity index is 0.000000428. The predicted octanol–water partition coefficient (Wildman–Crippen LogP) is 4.29. The summed E-state index contributed by atoms with van der Waals surface area (Å²) in [6, 6.07) is 8.03. The van der Waals surface area contributed by atoms with Crippen molar-refractivity contribution in [1.82, 2.24) is 29.9 Å². The molecule has 1 aliphatic rings. The van der Waals surface area contributed by atoms with Crippen LogP contribution in [0.5, 0.6) is 0 Å². The monoisotopic (exact) mass is 669 g/mol. The van der Waals surface area contributed by atoms with Crippen LogP contribution in [0, 0.1) is 6.92 Å². The van der Waals surface area contributed by atoms with Gasteiger partial charge < -0.3 is 20.9 Å². The minimum atomic E-state index is -4.38. The molecular formula is C28H28Cl2F3N7O5. The van der Waals surface area contributed by atoms with E-state index < -0.39 is 29.7 Å². The zero-order valence-electron chi connectivity index (χ0n) is 23.6. The molecule has 17 heteroatoms. The number of nitrogens with two attached hydrogens (primary N) is 1. The van der Waals surface area contributed by atoms with Gasteiger partial charge in [0.2, 0.25) is 0 Å². The summed E-state index contributed by atoms with van der Waals surface area (Å²) in [5, 5.41) is 16.2. The standard InChI is InChI=1S/C21H19N5O5.C7H7F3N2.2ClH/c1-3-8-31-20(30)13-4-5-14-12(11(13)2)6-7-15(14)24-18(27)17-9-16(19(28)29)25-21-22-10-23-26(17)21;8-7(9,10)6-3-1-2-5(4-11)12-6;;/h3-5,9-10,15H,1,6-8H2,2H3,(H,24,27)(H,28,29);1-3H,4,11H2;2*1H/t15-;;;/m0.../s1. The number of ether oxygens (including phenoxy) is 1. The summed E-state index contributed by atoms with van der Waals surface area (Å²) >= 11 is 0. The number of halogens is 5. The van der Waals surface area contributed by atoms with Gasteiger partial charge in [0, 0.05) is 12.6 Å². The average Bonchev–Trinajstić information content (AvgIpc) is 3.63. The van der Waals surface area contributed by atoms with Crippen molar-refractivity contribution >= 4 is 48.4 Å². The summed E-state index contributed by atoms with van der Waals surface area (Å²) < 4.78 is 42.3. The number of aromatic nitrogens is 5. The van der Waals surface area contributed by atoms with Gasteiger partial charge in [0.05, 0.1) is 17.3 Å². The zero-order chi connectivity index (χ0) is 31.3. The van der Waals surface area contributed by atoms with Crippen molar-refractivity contribution in [2.24, 2.45) is 5.73 Å². The molecule has 0 fully saturated rings. The highest BCUT2D eigenvalue weighted by Crippen LogP contribution is 2.35. The molecule has 1 amide bonds. The van der Waals surface area contributed by atoms with Crippen molar-refractivity contribution in [3.63, 3.8) is 0 Å². The normalized spacial score (nSPS) is 13.3. The number of nitrogens with one attached hydrogen (secondary N) is 1. The van der Waals surface area contributed by atoms with Crippen LogP contribution in [-0.2, 0) is 23.9 Å². The first-order valence-corrected chi connectivity index (χ1v) is 12.8. The Morgan fingerprint density at radius 3 is 2.58 bits per heavy atom. The largest absolute Gasteiger partial charge is 0.477 e. The second-order valence-electron chi connectivity index (χ2n) is 9.28. The lowest BCUT2D eigenvalue weighted by atomic mass is 9.98. The van der Waals surface area contributed by atoms with Crippen LogP contribution in [0.2, 0.25) is 0 Å². The molecule has 1 aliphatic carbocycles. The Kier molecular flexibility index (Phi) is 12.5. The number of amides is 1. The van der Waals surface area contributed by atoms with Gasteiger partial charge in [-0.25, -0.2) is 19.6 Å². The van der Waals surface area contributed by atoms with Crippen molar-refractivity contribution < 1.29 is 37.4 Å². The summed E-state index contributed by atoms with van der Waals surface area (Å²) in [6.07, 6.45) is -0.348. The van der Waals surface area contributed by atoms with Crippen LogP contribution in [0.4, 0.5) is 13.2 Å². The van der Waals surface area contributed by atoms with Crippen molar-refractivity contribution in [3.05, 3.63) is 100 Å². The molecule has 1 atom stereocenters. The Labute approximate surface area is 266 Å². The van der Waals surface area contributed by atoms with E-state index in [0.717, 1.165) is 22.8 Å². The van der Waals surface area contributed by atoms with Gasteiger partial charge in [-0.05, 0) is 54.7 Å². The van der Waals surface area contributed by atoms with Crippen molar-refractivity contribution in [3.8, 4) is 0 Å². The molecule has 45 heavy (non-hydrogen) atoms.